The first kappa shape index (κ1) is 21.3. The fourth-order valence-electron chi connectivity index (χ4n) is 1.81. The van der Waals surface area contributed by atoms with Crippen molar-refractivity contribution in [3.63, 3.8) is 0 Å². The van der Waals surface area contributed by atoms with E-state index in [2.05, 4.69) is 11.9 Å². The summed E-state index contributed by atoms with van der Waals surface area (Å²) in [6.45, 7) is 13.4. The Morgan fingerprint density at radius 1 is 1.17 bits per heavy atom. The molecule has 1 rings (SSSR count). The van der Waals surface area contributed by atoms with E-state index in [4.69, 9.17) is 10.5 Å². The smallest absolute Gasteiger partial charge is 0.126 e. The monoisotopic (exact) mass is 326 g/mol. The molecule has 3 N–H and O–H groups in total. The normalized spacial score (nSPS) is 12.5. The first-order valence-electron chi connectivity index (χ1n) is 8.16. The van der Waals surface area contributed by atoms with Gasteiger partial charge in [0.25, 0.3) is 0 Å². The second-order valence-corrected chi connectivity index (χ2v) is 4.73. The van der Waals surface area contributed by atoms with E-state index < -0.39 is 0 Å². The molecular weight excluding hydrogens is 296 g/mol. The fraction of sp³-hybridized carbons (Fsp3) is 0.238. The number of nitrogens with two attached hydrogens (primary N) is 1. The molecule has 0 saturated heterocycles. The van der Waals surface area contributed by atoms with Gasteiger partial charge in [0.05, 0.1) is 0 Å². The highest BCUT2D eigenvalue weighted by molar-refractivity contribution is 5.76. The molecule has 24 heavy (non-hydrogen) atoms. The van der Waals surface area contributed by atoms with E-state index in [0.717, 1.165) is 28.3 Å². The van der Waals surface area contributed by atoms with E-state index in [-0.39, 0.29) is 0 Å². The lowest BCUT2D eigenvalue weighted by Crippen LogP contribution is -1.98. The number of rotatable bonds is 7. The van der Waals surface area contributed by atoms with Crippen molar-refractivity contribution in [1.29, 1.82) is 0 Å². The second-order valence-electron chi connectivity index (χ2n) is 4.73. The van der Waals surface area contributed by atoms with E-state index in [1.165, 1.54) is 0 Å². The van der Waals surface area contributed by atoms with Crippen molar-refractivity contribution in [2.75, 3.05) is 0 Å². The lowest BCUT2D eigenvalue weighted by Gasteiger charge is -2.09. The zero-order valence-corrected chi connectivity index (χ0v) is 15.5. The zero-order valence-electron chi connectivity index (χ0n) is 15.5. The lowest BCUT2D eigenvalue weighted by molar-refractivity contribution is 0.428. The van der Waals surface area contributed by atoms with Crippen LogP contribution in [0.25, 0.3) is 5.57 Å². The molecule has 3 heteroatoms. The predicted molar refractivity (Wildman–Crippen MR) is 106 cm³/mol. The summed E-state index contributed by atoms with van der Waals surface area (Å²) in [4.78, 5) is 0. The molecular formula is C21H30N2O. The van der Waals surface area contributed by atoms with Crippen molar-refractivity contribution in [3.8, 4) is 5.75 Å². The van der Waals surface area contributed by atoms with Gasteiger partial charge in [0, 0.05) is 17.5 Å². The third-order valence-electron chi connectivity index (χ3n) is 2.86. The Labute approximate surface area is 146 Å². The molecule has 0 bridgehead atoms. The molecule has 0 fully saturated rings. The predicted octanol–water partition coefficient (Wildman–Crippen LogP) is 5.51. The molecule has 1 aromatic carbocycles. The third kappa shape index (κ3) is 8.08. The topological polar surface area (TPSA) is 47.3 Å². The Morgan fingerprint density at radius 3 is 2.29 bits per heavy atom. The van der Waals surface area contributed by atoms with Crippen LogP contribution in [0, 0.1) is 0 Å². The summed E-state index contributed by atoms with van der Waals surface area (Å²) in [5.41, 5.74) is 8.69. The van der Waals surface area contributed by atoms with Gasteiger partial charge >= 0.3 is 0 Å². The van der Waals surface area contributed by atoms with E-state index in [1.807, 2.05) is 83.2 Å². The Bertz CT molecular complexity index is 601. The number of allylic oxidation sites excluding steroid dienone is 7. The van der Waals surface area contributed by atoms with Crippen molar-refractivity contribution in [1.82, 2.24) is 5.32 Å². The molecule has 0 aliphatic heterocycles. The summed E-state index contributed by atoms with van der Waals surface area (Å²) in [6.07, 6.45) is 11.2. The maximum Gasteiger partial charge on any atom is 0.126 e. The van der Waals surface area contributed by atoms with E-state index in [0.29, 0.717) is 0 Å². The van der Waals surface area contributed by atoms with Crippen LogP contribution in [-0.2, 0) is 0 Å². The van der Waals surface area contributed by atoms with Crippen molar-refractivity contribution in [2.24, 2.45) is 5.73 Å². The van der Waals surface area contributed by atoms with Gasteiger partial charge < -0.3 is 15.8 Å². The van der Waals surface area contributed by atoms with Gasteiger partial charge in [-0.1, -0.05) is 44.7 Å². The van der Waals surface area contributed by atoms with Gasteiger partial charge in [-0.25, -0.2) is 0 Å². The largest absolute Gasteiger partial charge is 0.462 e. The standard InChI is InChI=1S/C19H24N2O.C2H6/c1-5-7-8-15(3)22-18-11-9-17(10-12-18)19(16(4)20)13-14-21-6-2;1-2/h5-14,21H,2,20H2,1,3-4H3;1-2H3/b7-5-,14-13-,15-8+,19-16-;. The van der Waals surface area contributed by atoms with Crippen molar-refractivity contribution < 1.29 is 4.74 Å². The number of nitrogens with one attached hydrogen (secondary N) is 1. The fourth-order valence-corrected chi connectivity index (χ4v) is 1.81. The molecule has 0 atom stereocenters. The Morgan fingerprint density at radius 2 is 1.79 bits per heavy atom. The number of hydrogen-bond acceptors (Lipinski definition) is 3. The highest BCUT2D eigenvalue weighted by atomic mass is 16.5. The van der Waals surface area contributed by atoms with E-state index >= 15 is 0 Å². The van der Waals surface area contributed by atoms with E-state index in [9.17, 15) is 0 Å². The summed E-state index contributed by atoms with van der Waals surface area (Å²) >= 11 is 0. The lowest BCUT2D eigenvalue weighted by atomic mass is 10.0. The molecule has 0 aliphatic rings. The number of benzene rings is 1. The summed E-state index contributed by atoms with van der Waals surface area (Å²) in [7, 11) is 0. The highest BCUT2D eigenvalue weighted by Gasteiger charge is 2.02. The van der Waals surface area contributed by atoms with Crippen molar-refractivity contribution in [3.05, 3.63) is 84.6 Å². The first-order chi connectivity index (χ1) is 11.6. The van der Waals surface area contributed by atoms with Gasteiger partial charge in [-0.15, -0.1) is 0 Å². The molecule has 1 aromatic rings. The van der Waals surface area contributed by atoms with Crippen LogP contribution in [0.5, 0.6) is 5.75 Å². The number of hydrogen-bond donors (Lipinski definition) is 2. The molecule has 0 aliphatic carbocycles. The molecule has 0 saturated carbocycles. The highest BCUT2D eigenvalue weighted by Crippen LogP contribution is 2.22. The van der Waals surface area contributed by atoms with Crippen LogP contribution in [0.4, 0.5) is 0 Å². The van der Waals surface area contributed by atoms with Crippen LogP contribution in [0.1, 0.15) is 40.2 Å². The summed E-state index contributed by atoms with van der Waals surface area (Å²) in [5.74, 6) is 1.64. The molecule has 0 radical (unpaired) electrons. The van der Waals surface area contributed by atoms with E-state index in [1.54, 1.807) is 12.4 Å². The molecule has 0 heterocycles. The molecule has 0 aromatic heterocycles. The SMILES string of the molecule is C=CN/C=C\C(=C(/C)N)c1ccc(O/C(C)=C/C=C\C)cc1.CC. The van der Waals surface area contributed by atoms with Gasteiger partial charge in [-0.2, -0.15) is 0 Å². The van der Waals surface area contributed by atoms with Crippen LogP contribution in [0.3, 0.4) is 0 Å². The summed E-state index contributed by atoms with van der Waals surface area (Å²) in [6, 6.07) is 7.84. The van der Waals surface area contributed by atoms with Gasteiger partial charge in [0.15, 0.2) is 0 Å². The molecule has 0 spiro atoms. The van der Waals surface area contributed by atoms with Crippen LogP contribution in [0.15, 0.2) is 79.0 Å². The van der Waals surface area contributed by atoms with Gasteiger partial charge in [0.1, 0.15) is 11.5 Å². The Hall–Kier alpha value is -2.68. The average Bonchev–Trinajstić information content (AvgIpc) is 2.59. The first-order valence-corrected chi connectivity index (χ1v) is 8.16. The third-order valence-corrected chi connectivity index (χ3v) is 2.86. The maximum atomic E-state index is 5.95. The summed E-state index contributed by atoms with van der Waals surface area (Å²) < 4.78 is 5.73. The number of ether oxygens (including phenoxy) is 1. The molecule has 0 unspecified atom stereocenters. The zero-order chi connectivity index (χ0) is 18.4. The van der Waals surface area contributed by atoms with Crippen LogP contribution in [-0.4, -0.2) is 0 Å². The Kier molecular flexibility index (Phi) is 11.4. The maximum absolute atomic E-state index is 5.95. The van der Waals surface area contributed by atoms with Crippen LogP contribution in [0.2, 0.25) is 0 Å². The molecule has 130 valence electrons. The minimum atomic E-state index is 0.750. The van der Waals surface area contributed by atoms with Gasteiger partial charge in [-0.3, -0.25) is 0 Å². The van der Waals surface area contributed by atoms with Crippen molar-refractivity contribution >= 4 is 5.57 Å². The quantitative estimate of drug-likeness (QED) is 0.513. The van der Waals surface area contributed by atoms with Gasteiger partial charge in [0.2, 0.25) is 0 Å². The minimum absolute atomic E-state index is 0.750. The van der Waals surface area contributed by atoms with Crippen LogP contribution >= 0.6 is 0 Å². The van der Waals surface area contributed by atoms with Crippen molar-refractivity contribution in [2.45, 2.75) is 34.6 Å². The second kappa shape index (κ2) is 12.8. The minimum Gasteiger partial charge on any atom is -0.462 e. The van der Waals surface area contributed by atoms with Gasteiger partial charge in [-0.05, 0) is 56.8 Å². The average molecular weight is 326 g/mol. The summed E-state index contributed by atoms with van der Waals surface area (Å²) in [5, 5.41) is 2.92. The molecule has 3 nitrogen and oxygen atoms in total. The van der Waals surface area contributed by atoms with Crippen LogP contribution < -0.4 is 15.8 Å². The Balaban J connectivity index is 0.00000254. The molecule has 0 amide bonds.